The van der Waals surface area contributed by atoms with Crippen LogP contribution in [0.5, 0.6) is 0 Å². The summed E-state index contributed by atoms with van der Waals surface area (Å²) in [4.78, 5) is 13.2. The highest BCUT2D eigenvalue weighted by Crippen LogP contribution is 2.30. The van der Waals surface area contributed by atoms with Crippen molar-refractivity contribution >= 4 is 5.91 Å². The van der Waals surface area contributed by atoms with E-state index in [1.165, 1.54) is 109 Å². The molecule has 2 heterocycles. The SMILES string of the molecule is CCCCCCCC/C=C\CCCCCCCC(=O)NC(COC1OC(CO)C(OC2OC(CO)C(O)C(O)C2O)C(O)C1O)C(O)CCCCCCCCCCCCCCCCC. The van der Waals surface area contributed by atoms with Gasteiger partial charge in [0.05, 0.1) is 32.0 Å². The topological polar surface area (TPSA) is 228 Å². The van der Waals surface area contributed by atoms with Gasteiger partial charge in [-0.2, -0.15) is 0 Å². The number of amides is 1. The zero-order valence-electron chi connectivity index (χ0n) is 40.0. The quantitative estimate of drug-likeness (QED) is 0.0229. The summed E-state index contributed by atoms with van der Waals surface area (Å²) >= 11 is 0. The van der Waals surface area contributed by atoms with Crippen molar-refractivity contribution in [2.75, 3.05) is 19.8 Å². The van der Waals surface area contributed by atoms with Gasteiger partial charge in [0.1, 0.15) is 48.8 Å². The lowest BCUT2D eigenvalue weighted by Gasteiger charge is -2.46. The van der Waals surface area contributed by atoms with Crippen LogP contribution in [-0.4, -0.2) is 140 Å². The molecule has 0 saturated carbocycles. The molecular weight excluding hydrogens is 823 g/mol. The predicted octanol–water partition coefficient (Wildman–Crippen LogP) is 6.77. The summed E-state index contributed by atoms with van der Waals surface area (Å²) < 4.78 is 22.7. The Morgan fingerprint density at radius 2 is 0.984 bits per heavy atom. The molecule has 9 N–H and O–H groups in total. The van der Waals surface area contributed by atoms with E-state index in [-0.39, 0.29) is 12.5 Å². The molecule has 0 bridgehead atoms. The Bertz CT molecular complexity index is 1130. The van der Waals surface area contributed by atoms with Gasteiger partial charge in [0.15, 0.2) is 12.6 Å². The molecule has 0 aliphatic carbocycles. The molecule has 0 radical (unpaired) electrons. The Morgan fingerprint density at radius 1 is 0.547 bits per heavy atom. The number of nitrogens with one attached hydrogen (secondary N) is 1. The molecule has 2 saturated heterocycles. The van der Waals surface area contributed by atoms with Crippen LogP contribution in [0.2, 0.25) is 0 Å². The first-order valence-electron chi connectivity index (χ1n) is 25.9. The summed E-state index contributed by atoms with van der Waals surface area (Å²) in [5.74, 6) is -0.215. The second kappa shape index (κ2) is 37.7. The monoisotopic (exact) mass is 918 g/mol. The van der Waals surface area contributed by atoms with E-state index in [4.69, 9.17) is 18.9 Å². The van der Waals surface area contributed by atoms with Crippen LogP contribution in [0, 0.1) is 0 Å². The largest absolute Gasteiger partial charge is 0.394 e. The van der Waals surface area contributed by atoms with Crippen LogP contribution in [0.4, 0.5) is 0 Å². The van der Waals surface area contributed by atoms with Crippen molar-refractivity contribution < 1.29 is 64.6 Å². The fourth-order valence-electron chi connectivity index (χ4n) is 8.70. The van der Waals surface area contributed by atoms with Gasteiger partial charge in [-0.1, -0.05) is 174 Å². The van der Waals surface area contributed by atoms with E-state index in [2.05, 4.69) is 31.3 Å². The van der Waals surface area contributed by atoms with E-state index < -0.39 is 86.8 Å². The van der Waals surface area contributed by atoms with Crippen molar-refractivity contribution in [3.63, 3.8) is 0 Å². The predicted molar refractivity (Wildman–Crippen MR) is 249 cm³/mol. The van der Waals surface area contributed by atoms with Crippen molar-refractivity contribution in [1.82, 2.24) is 5.32 Å². The lowest BCUT2D eigenvalue weighted by Crippen LogP contribution is -2.65. The second-order valence-corrected chi connectivity index (χ2v) is 18.7. The average Bonchev–Trinajstić information content (AvgIpc) is 3.29. The van der Waals surface area contributed by atoms with Gasteiger partial charge < -0.3 is 65.1 Å². The highest BCUT2D eigenvalue weighted by Gasteiger charge is 2.51. The van der Waals surface area contributed by atoms with Gasteiger partial charge in [-0.05, 0) is 38.5 Å². The second-order valence-electron chi connectivity index (χ2n) is 18.7. The first-order chi connectivity index (χ1) is 31.1. The third-order valence-corrected chi connectivity index (χ3v) is 13.0. The normalized spacial score (nSPS) is 27.3. The zero-order chi connectivity index (χ0) is 46.8. The number of aliphatic hydroxyl groups excluding tert-OH is 8. The minimum absolute atomic E-state index is 0.215. The maximum atomic E-state index is 13.2. The van der Waals surface area contributed by atoms with E-state index in [9.17, 15) is 45.6 Å². The molecule has 2 rings (SSSR count). The maximum Gasteiger partial charge on any atom is 0.220 e. The van der Waals surface area contributed by atoms with Gasteiger partial charge in [0.2, 0.25) is 5.91 Å². The number of rotatable bonds is 40. The summed E-state index contributed by atoms with van der Waals surface area (Å²) in [6.45, 7) is 2.84. The van der Waals surface area contributed by atoms with E-state index in [0.29, 0.717) is 19.3 Å². The molecule has 0 aromatic rings. The number of ether oxygens (including phenoxy) is 4. The van der Waals surface area contributed by atoms with Gasteiger partial charge in [-0.3, -0.25) is 4.79 Å². The standard InChI is InChI=1S/C50H95NO13/c1-3-5-7-9-11-13-15-17-19-21-23-25-27-29-31-33-39(54)38(51-42(55)34-32-30-28-26-24-22-20-18-16-14-12-10-8-6-4-2)37-61-49-47(60)45(58)48(41(36-53)63-49)64-50-46(59)44(57)43(56)40(35-52)62-50/h18,20,38-41,43-50,52-54,56-60H,3-17,19,21-37H2,1-2H3,(H,51,55)/b20-18-. The van der Waals surface area contributed by atoms with Gasteiger partial charge in [0, 0.05) is 6.42 Å². The molecule has 64 heavy (non-hydrogen) atoms. The lowest BCUT2D eigenvalue weighted by atomic mass is 9.97. The van der Waals surface area contributed by atoms with Crippen LogP contribution >= 0.6 is 0 Å². The minimum Gasteiger partial charge on any atom is -0.394 e. The average molecular weight is 918 g/mol. The molecule has 12 atom stereocenters. The van der Waals surface area contributed by atoms with Crippen LogP contribution in [0.1, 0.15) is 206 Å². The number of carbonyl (C=O) groups excluding carboxylic acids is 1. The highest BCUT2D eigenvalue weighted by molar-refractivity contribution is 5.76. The fraction of sp³-hybridized carbons (Fsp3) is 0.940. The number of unbranched alkanes of at least 4 members (excludes halogenated alkanes) is 25. The Hall–Kier alpha value is -1.27. The summed E-state index contributed by atoms with van der Waals surface area (Å²) in [5.41, 5.74) is 0. The van der Waals surface area contributed by atoms with Crippen molar-refractivity contribution in [3.8, 4) is 0 Å². The van der Waals surface area contributed by atoms with Gasteiger partial charge in [0.25, 0.3) is 0 Å². The molecule has 0 aromatic carbocycles. The van der Waals surface area contributed by atoms with Gasteiger partial charge in [-0.25, -0.2) is 0 Å². The minimum atomic E-state index is -1.78. The van der Waals surface area contributed by atoms with Crippen molar-refractivity contribution in [1.29, 1.82) is 0 Å². The highest BCUT2D eigenvalue weighted by atomic mass is 16.7. The molecule has 14 nitrogen and oxygen atoms in total. The van der Waals surface area contributed by atoms with E-state index >= 15 is 0 Å². The van der Waals surface area contributed by atoms with E-state index in [1.807, 2.05) is 0 Å². The van der Waals surface area contributed by atoms with Gasteiger partial charge >= 0.3 is 0 Å². The summed E-state index contributed by atoms with van der Waals surface area (Å²) in [6, 6.07) is -0.828. The van der Waals surface area contributed by atoms with Crippen LogP contribution < -0.4 is 5.32 Å². The number of aliphatic hydroxyl groups is 8. The number of hydrogen-bond acceptors (Lipinski definition) is 13. The fourth-order valence-corrected chi connectivity index (χ4v) is 8.70. The molecule has 378 valence electrons. The van der Waals surface area contributed by atoms with Crippen LogP contribution in [0.3, 0.4) is 0 Å². The Labute approximate surface area is 386 Å². The molecule has 12 unspecified atom stereocenters. The molecule has 2 aliphatic rings. The summed E-state index contributed by atoms with van der Waals surface area (Å²) in [6.07, 6.45) is 22.1. The van der Waals surface area contributed by atoms with Crippen LogP contribution in [0.15, 0.2) is 12.2 Å². The molecule has 2 fully saturated rings. The number of allylic oxidation sites excluding steroid dienone is 2. The Morgan fingerprint density at radius 3 is 1.48 bits per heavy atom. The summed E-state index contributed by atoms with van der Waals surface area (Å²) in [5, 5.41) is 86.9. The lowest BCUT2D eigenvalue weighted by molar-refractivity contribution is -0.359. The Kier molecular flexibility index (Phi) is 34.7. The molecule has 0 aromatic heterocycles. The van der Waals surface area contributed by atoms with Crippen molar-refractivity contribution in [2.24, 2.45) is 0 Å². The van der Waals surface area contributed by atoms with Crippen LogP contribution in [0.25, 0.3) is 0 Å². The van der Waals surface area contributed by atoms with Crippen LogP contribution in [-0.2, 0) is 23.7 Å². The molecule has 2 aliphatic heterocycles. The Balaban J connectivity index is 1.83. The number of carbonyl (C=O) groups is 1. The zero-order valence-corrected chi connectivity index (χ0v) is 40.0. The first-order valence-corrected chi connectivity index (χ1v) is 25.9. The molecule has 14 heteroatoms. The van der Waals surface area contributed by atoms with E-state index in [0.717, 1.165) is 64.2 Å². The maximum absolute atomic E-state index is 13.2. The molecular formula is C50H95NO13. The third kappa shape index (κ3) is 24.7. The van der Waals surface area contributed by atoms with Crippen molar-refractivity contribution in [2.45, 2.75) is 280 Å². The third-order valence-electron chi connectivity index (χ3n) is 13.0. The first kappa shape index (κ1) is 58.9. The smallest absolute Gasteiger partial charge is 0.220 e. The van der Waals surface area contributed by atoms with Gasteiger partial charge in [-0.15, -0.1) is 0 Å². The van der Waals surface area contributed by atoms with E-state index in [1.54, 1.807) is 0 Å². The summed E-state index contributed by atoms with van der Waals surface area (Å²) in [7, 11) is 0. The molecule has 0 spiro atoms. The number of hydrogen-bond donors (Lipinski definition) is 9. The molecule has 1 amide bonds. The van der Waals surface area contributed by atoms with Crippen molar-refractivity contribution in [3.05, 3.63) is 12.2 Å².